The zero-order valence-corrected chi connectivity index (χ0v) is 12.6. The predicted octanol–water partition coefficient (Wildman–Crippen LogP) is 2.99. The number of aliphatic hydroxyl groups excluding tert-OH is 1. The molecule has 0 radical (unpaired) electrons. The van der Waals surface area contributed by atoms with Crippen molar-refractivity contribution in [3.05, 3.63) is 35.9 Å². The van der Waals surface area contributed by atoms with E-state index in [1.54, 1.807) is 0 Å². The molecule has 2 amide bonds. The Balaban J connectivity index is 1.78. The number of hydrogen-bond donors (Lipinski definition) is 3. The summed E-state index contributed by atoms with van der Waals surface area (Å²) < 4.78 is 0. The average molecular weight is 290 g/mol. The minimum absolute atomic E-state index is 0.0398. The molecule has 116 valence electrons. The van der Waals surface area contributed by atoms with Gasteiger partial charge in [-0.15, -0.1) is 0 Å². The highest BCUT2D eigenvalue weighted by molar-refractivity contribution is 5.74. The van der Waals surface area contributed by atoms with E-state index in [1.165, 1.54) is 19.3 Å². The van der Waals surface area contributed by atoms with Gasteiger partial charge < -0.3 is 15.7 Å². The molecule has 0 heterocycles. The van der Waals surface area contributed by atoms with Crippen molar-refractivity contribution >= 4 is 6.03 Å². The van der Waals surface area contributed by atoms with Gasteiger partial charge in [0.1, 0.15) is 0 Å². The highest BCUT2D eigenvalue weighted by atomic mass is 16.3. The molecule has 2 rings (SSSR count). The third-order valence-corrected chi connectivity index (χ3v) is 4.22. The molecule has 21 heavy (non-hydrogen) atoms. The first-order chi connectivity index (χ1) is 10.3. The maximum absolute atomic E-state index is 12.0. The van der Waals surface area contributed by atoms with E-state index in [2.05, 4.69) is 10.6 Å². The summed E-state index contributed by atoms with van der Waals surface area (Å²) in [4.78, 5) is 12.0. The van der Waals surface area contributed by atoms with E-state index in [4.69, 9.17) is 5.11 Å². The fraction of sp³-hybridized carbons (Fsp3) is 0.588. The van der Waals surface area contributed by atoms with E-state index >= 15 is 0 Å². The zero-order valence-electron chi connectivity index (χ0n) is 12.6. The molecule has 0 aromatic heterocycles. The second-order valence-electron chi connectivity index (χ2n) is 5.81. The molecule has 4 heteroatoms. The van der Waals surface area contributed by atoms with Crippen molar-refractivity contribution in [1.29, 1.82) is 0 Å². The van der Waals surface area contributed by atoms with Gasteiger partial charge in [-0.05, 0) is 30.7 Å². The molecule has 1 atom stereocenters. The summed E-state index contributed by atoms with van der Waals surface area (Å²) >= 11 is 0. The molecule has 1 fully saturated rings. The van der Waals surface area contributed by atoms with Crippen LogP contribution in [0.5, 0.6) is 0 Å². The van der Waals surface area contributed by atoms with Gasteiger partial charge in [0.15, 0.2) is 0 Å². The standard InChI is InChI=1S/C17H26N2O2/c20-13-5-10-16(15-8-2-1-3-9-15)19-17(21)18-12-11-14-6-4-7-14/h1-3,8-9,14,16,20H,4-7,10-13H2,(H2,18,19,21). The van der Waals surface area contributed by atoms with Crippen molar-refractivity contribution in [3.8, 4) is 0 Å². The number of hydrogen-bond acceptors (Lipinski definition) is 2. The maximum atomic E-state index is 12.0. The lowest BCUT2D eigenvalue weighted by molar-refractivity contribution is 0.229. The first-order valence-electron chi connectivity index (χ1n) is 7.99. The number of nitrogens with one attached hydrogen (secondary N) is 2. The molecule has 1 unspecified atom stereocenters. The van der Waals surface area contributed by atoms with E-state index in [-0.39, 0.29) is 18.7 Å². The van der Waals surface area contributed by atoms with Gasteiger partial charge in [0.25, 0.3) is 0 Å². The minimum Gasteiger partial charge on any atom is -0.396 e. The number of amides is 2. The summed E-state index contributed by atoms with van der Waals surface area (Å²) in [6, 6.07) is 9.77. The average Bonchev–Trinajstić information content (AvgIpc) is 2.47. The van der Waals surface area contributed by atoms with Crippen LogP contribution < -0.4 is 10.6 Å². The quantitative estimate of drug-likeness (QED) is 0.689. The number of carbonyl (C=O) groups is 1. The number of urea groups is 1. The van der Waals surface area contributed by atoms with Crippen LogP contribution in [0, 0.1) is 5.92 Å². The Kier molecular flexibility index (Phi) is 6.54. The van der Waals surface area contributed by atoms with E-state index in [9.17, 15) is 4.79 Å². The molecule has 1 saturated carbocycles. The fourth-order valence-corrected chi connectivity index (χ4v) is 2.68. The molecular weight excluding hydrogens is 264 g/mol. The molecule has 1 aromatic carbocycles. The lowest BCUT2D eigenvalue weighted by Gasteiger charge is -2.25. The highest BCUT2D eigenvalue weighted by Crippen LogP contribution is 2.28. The van der Waals surface area contributed by atoms with Gasteiger partial charge in [0, 0.05) is 13.2 Å². The molecule has 3 N–H and O–H groups in total. The Labute approximate surface area is 126 Å². The second kappa shape index (κ2) is 8.67. The molecule has 1 aliphatic rings. The first kappa shape index (κ1) is 15.8. The van der Waals surface area contributed by atoms with Crippen LogP contribution in [0.15, 0.2) is 30.3 Å². The van der Waals surface area contributed by atoms with Crippen LogP contribution in [0.2, 0.25) is 0 Å². The van der Waals surface area contributed by atoms with Gasteiger partial charge in [-0.3, -0.25) is 0 Å². The third-order valence-electron chi connectivity index (χ3n) is 4.22. The van der Waals surface area contributed by atoms with Gasteiger partial charge in [-0.1, -0.05) is 49.6 Å². The molecule has 0 aliphatic heterocycles. The number of benzene rings is 1. The highest BCUT2D eigenvalue weighted by Gasteiger charge is 2.18. The van der Waals surface area contributed by atoms with Crippen LogP contribution in [0.1, 0.15) is 50.1 Å². The predicted molar refractivity (Wildman–Crippen MR) is 84.0 cm³/mol. The number of rotatable bonds is 8. The molecule has 0 saturated heterocycles. The van der Waals surface area contributed by atoms with E-state index in [1.807, 2.05) is 30.3 Å². The number of aliphatic hydroxyl groups is 1. The maximum Gasteiger partial charge on any atom is 0.315 e. The van der Waals surface area contributed by atoms with E-state index < -0.39 is 0 Å². The summed E-state index contributed by atoms with van der Waals surface area (Å²) in [5.41, 5.74) is 1.08. The van der Waals surface area contributed by atoms with Crippen LogP contribution in [0.4, 0.5) is 4.79 Å². The number of carbonyl (C=O) groups excluding carboxylic acids is 1. The first-order valence-corrected chi connectivity index (χ1v) is 7.99. The van der Waals surface area contributed by atoms with Crippen molar-refractivity contribution in [2.24, 2.45) is 5.92 Å². The van der Waals surface area contributed by atoms with Gasteiger partial charge in [-0.2, -0.15) is 0 Å². The monoisotopic (exact) mass is 290 g/mol. The van der Waals surface area contributed by atoms with Crippen LogP contribution >= 0.6 is 0 Å². The lowest BCUT2D eigenvalue weighted by atomic mass is 9.83. The third kappa shape index (κ3) is 5.38. The Morgan fingerprint density at radius 2 is 2.05 bits per heavy atom. The summed E-state index contributed by atoms with van der Waals surface area (Å²) in [7, 11) is 0. The van der Waals surface area contributed by atoms with Crippen molar-refractivity contribution in [1.82, 2.24) is 10.6 Å². The minimum atomic E-state index is -0.110. The summed E-state index contributed by atoms with van der Waals surface area (Å²) in [5.74, 6) is 0.810. The summed E-state index contributed by atoms with van der Waals surface area (Å²) in [6.07, 6.45) is 6.48. The van der Waals surface area contributed by atoms with Crippen LogP contribution in [0.25, 0.3) is 0 Å². The molecule has 0 spiro atoms. The normalized spacial score (nSPS) is 16.0. The van der Waals surface area contributed by atoms with E-state index in [0.717, 1.165) is 30.9 Å². The Morgan fingerprint density at radius 1 is 1.29 bits per heavy atom. The van der Waals surface area contributed by atoms with Crippen LogP contribution in [-0.4, -0.2) is 24.3 Å². The summed E-state index contributed by atoms with van der Waals surface area (Å²) in [6.45, 7) is 0.895. The smallest absolute Gasteiger partial charge is 0.315 e. The van der Waals surface area contributed by atoms with Crippen molar-refractivity contribution in [2.45, 2.75) is 44.6 Å². The van der Waals surface area contributed by atoms with Crippen LogP contribution in [-0.2, 0) is 0 Å². The Hall–Kier alpha value is -1.55. The molecular formula is C17H26N2O2. The Morgan fingerprint density at radius 3 is 2.67 bits per heavy atom. The molecule has 4 nitrogen and oxygen atoms in total. The lowest BCUT2D eigenvalue weighted by Crippen LogP contribution is -2.39. The van der Waals surface area contributed by atoms with Crippen molar-refractivity contribution in [3.63, 3.8) is 0 Å². The SMILES string of the molecule is O=C(NCCC1CCC1)NC(CCCO)c1ccccc1. The van der Waals surface area contributed by atoms with Gasteiger partial charge in [0.2, 0.25) is 0 Å². The Bertz CT molecular complexity index is 418. The zero-order chi connectivity index (χ0) is 14.9. The van der Waals surface area contributed by atoms with Crippen molar-refractivity contribution < 1.29 is 9.90 Å². The van der Waals surface area contributed by atoms with Crippen molar-refractivity contribution in [2.75, 3.05) is 13.2 Å². The largest absolute Gasteiger partial charge is 0.396 e. The van der Waals surface area contributed by atoms with Gasteiger partial charge in [-0.25, -0.2) is 4.79 Å². The second-order valence-corrected chi connectivity index (χ2v) is 5.81. The van der Waals surface area contributed by atoms with Gasteiger partial charge >= 0.3 is 6.03 Å². The van der Waals surface area contributed by atoms with E-state index in [0.29, 0.717) is 6.42 Å². The van der Waals surface area contributed by atoms with Crippen LogP contribution in [0.3, 0.4) is 0 Å². The molecule has 1 aliphatic carbocycles. The van der Waals surface area contributed by atoms with Gasteiger partial charge in [0.05, 0.1) is 6.04 Å². The summed E-state index contributed by atoms with van der Waals surface area (Å²) in [5, 5.41) is 15.0. The fourth-order valence-electron chi connectivity index (χ4n) is 2.68. The molecule has 1 aromatic rings. The topological polar surface area (TPSA) is 61.4 Å². The molecule has 0 bridgehead atoms.